The molecule has 1 amide bonds. The molecule has 0 aliphatic rings. The van der Waals surface area contributed by atoms with Gasteiger partial charge in [-0.15, -0.1) is 5.92 Å². The van der Waals surface area contributed by atoms with E-state index in [2.05, 4.69) is 16.9 Å². The Kier molecular flexibility index (Phi) is 5.70. The predicted octanol–water partition coefficient (Wildman–Crippen LogP) is 3.01. The predicted molar refractivity (Wildman–Crippen MR) is 85.1 cm³/mol. The minimum Gasteiger partial charge on any atom is -0.479 e. The first-order valence-corrected chi connectivity index (χ1v) is 7.37. The highest BCUT2D eigenvalue weighted by molar-refractivity contribution is 5.82. The maximum atomic E-state index is 12.4. The molecule has 8 heteroatoms. The van der Waals surface area contributed by atoms with Crippen LogP contribution in [0.25, 0.3) is 5.69 Å². The van der Waals surface area contributed by atoms with Crippen LogP contribution in [-0.4, -0.2) is 28.5 Å². The molecule has 1 atom stereocenters. The standard InChI is InChI=1S/C17H16F3N3O2/c1-3-4-10-25-15-11-13(12(2)22-16(24)17(18,19)20)6-7-14(15)23-9-5-8-21-23/h5-9,11-12H,10H2,1-2H3,(H,22,24)/t12-/m1/s1. The van der Waals surface area contributed by atoms with Crippen molar-refractivity contribution in [2.45, 2.75) is 26.1 Å². The van der Waals surface area contributed by atoms with Crippen molar-refractivity contribution >= 4 is 5.91 Å². The van der Waals surface area contributed by atoms with Gasteiger partial charge in [0, 0.05) is 12.4 Å². The van der Waals surface area contributed by atoms with Crippen LogP contribution in [0.2, 0.25) is 0 Å². The van der Waals surface area contributed by atoms with E-state index in [-0.39, 0.29) is 6.61 Å². The molecule has 0 bridgehead atoms. The Morgan fingerprint density at radius 3 is 2.80 bits per heavy atom. The Morgan fingerprint density at radius 1 is 1.44 bits per heavy atom. The van der Waals surface area contributed by atoms with E-state index in [0.717, 1.165) is 0 Å². The van der Waals surface area contributed by atoms with Gasteiger partial charge in [-0.2, -0.15) is 18.3 Å². The first-order valence-electron chi connectivity index (χ1n) is 7.37. The van der Waals surface area contributed by atoms with E-state index in [0.29, 0.717) is 17.0 Å². The Bertz CT molecular complexity index is 790. The number of halogens is 3. The first kappa shape index (κ1) is 18.4. The number of ether oxygens (including phenoxy) is 1. The number of amides is 1. The molecule has 25 heavy (non-hydrogen) atoms. The Balaban J connectivity index is 2.29. The number of hydrogen-bond acceptors (Lipinski definition) is 3. The van der Waals surface area contributed by atoms with Gasteiger partial charge in [0.05, 0.1) is 6.04 Å². The highest BCUT2D eigenvalue weighted by Crippen LogP contribution is 2.27. The molecule has 0 fully saturated rings. The van der Waals surface area contributed by atoms with Gasteiger partial charge in [-0.25, -0.2) is 4.68 Å². The zero-order valence-corrected chi connectivity index (χ0v) is 13.6. The molecule has 1 N–H and O–H groups in total. The smallest absolute Gasteiger partial charge is 0.471 e. The summed E-state index contributed by atoms with van der Waals surface area (Å²) in [5.74, 6) is 3.85. The van der Waals surface area contributed by atoms with Gasteiger partial charge in [0.15, 0.2) is 0 Å². The minimum absolute atomic E-state index is 0.123. The van der Waals surface area contributed by atoms with Gasteiger partial charge in [0.2, 0.25) is 0 Å². The molecule has 0 saturated carbocycles. The first-order chi connectivity index (χ1) is 11.8. The van der Waals surface area contributed by atoms with E-state index in [1.165, 1.54) is 6.92 Å². The molecular weight excluding hydrogens is 335 g/mol. The van der Waals surface area contributed by atoms with Crippen molar-refractivity contribution in [1.29, 1.82) is 0 Å². The molecule has 0 unspecified atom stereocenters. The van der Waals surface area contributed by atoms with Crippen LogP contribution in [0.4, 0.5) is 13.2 Å². The number of alkyl halides is 3. The summed E-state index contributed by atoms with van der Waals surface area (Å²) in [4.78, 5) is 11.1. The van der Waals surface area contributed by atoms with Gasteiger partial charge in [0.1, 0.15) is 18.0 Å². The number of benzene rings is 1. The van der Waals surface area contributed by atoms with Gasteiger partial charge in [-0.05, 0) is 37.6 Å². The molecule has 132 valence electrons. The summed E-state index contributed by atoms with van der Waals surface area (Å²) < 4.78 is 44.4. The van der Waals surface area contributed by atoms with Gasteiger partial charge in [0.25, 0.3) is 0 Å². The van der Waals surface area contributed by atoms with Crippen LogP contribution in [0.3, 0.4) is 0 Å². The topological polar surface area (TPSA) is 56.1 Å². The van der Waals surface area contributed by atoms with Crippen LogP contribution in [0.15, 0.2) is 36.7 Å². The summed E-state index contributed by atoms with van der Waals surface area (Å²) in [7, 11) is 0. The minimum atomic E-state index is -4.93. The van der Waals surface area contributed by atoms with Crippen LogP contribution in [-0.2, 0) is 4.79 Å². The van der Waals surface area contributed by atoms with Crippen LogP contribution in [0, 0.1) is 11.8 Å². The van der Waals surface area contributed by atoms with Crippen molar-refractivity contribution in [2.75, 3.05) is 6.61 Å². The van der Waals surface area contributed by atoms with Gasteiger partial charge in [-0.1, -0.05) is 12.0 Å². The summed E-state index contributed by atoms with van der Waals surface area (Å²) in [5, 5.41) is 6.03. The summed E-state index contributed by atoms with van der Waals surface area (Å²) in [6.07, 6.45) is -1.63. The molecule has 2 aromatic rings. The molecule has 5 nitrogen and oxygen atoms in total. The molecule has 1 aromatic carbocycles. The maximum absolute atomic E-state index is 12.4. The zero-order chi connectivity index (χ0) is 18.4. The van der Waals surface area contributed by atoms with Crippen molar-refractivity contribution in [3.05, 3.63) is 42.2 Å². The second kappa shape index (κ2) is 7.75. The zero-order valence-electron chi connectivity index (χ0n) is 13.6. The van der Waals surface area contributed by atoms with Crippen molar-refractivity contribution in [3.63, 3.8) is 0 Å². The van der Waals surface area contributed by atoms with E-state index < -0.39 is 18.1 Å². The van der Waals surface area contributed by atoms with E-state index in [1.807, 2.05) is 5.32 Å². The van der Waals surface area contributed by atoms with E-state index in [9.17, 15) is 18.0 Å². The summed E-state index contributed by atoms with van der Waals surface area (Å²) >= 11 is 0. The lowest BCUT2D eigenvalue weighted by atomic mass is 10.1. The summed E-state index contributed by atoms with van der Waals surface area (Å²) in [6, 6.07) is 5.72. The van der Waals surface area contributed by atoms with Crippen molar-refractivity contribution < 1.29 is 22.7 Å². The molecule has 0 aliphatic heterocycles. The van der Waals surface area contributed by atoms with Gasteiger partial charge in [-0.3, -0.25) is 4.79 Å². The van der Waals surface area contributed by atoms with Crippen LogP contribution in [0.1, 0.15) is 25.5 Å². The Hall–Kier alpha value is -2.95. The Labute approximate surface area is 142 Å². The second-order valence-electron chi connectivity index (χ2n) is 5.09. The van der Waals surface area contributed by atoms with Gasteiger partial charge < -0.3 is 10.1 Å². The number of carbonyl (C=O) groups excluding carboxylic acids is 1. The third-order valence-corrected chi connectivity index (χ3v) is 3.32. The van der Waals surface area contributed by atoms with E-state index in [4.69, 9.17) is 4.74 Å². The fourth-order valence-corrected chi connectivity index (χ4v) is 2.06. The molecule has 0 aliphatic carbocycles. The normalized spacial score (nSPS) is 12.0. The van der Waals surface area contributed by atoms with E-state index >= 15 is 0 Å². The average molecular weight is 351 g/mol. The summed E-state index contributed by atoms with van der Waals surface area (Å²) in [5.41, 5.74) is 1.08. The molecule has 2 rings (SSSR count). The molecule has 1 aromatic heterocycles. The molecule has 0 saturated heterocycles. The molecular formula is C17H16F3N3O2. The number of aromatic nitrogens is 2. The molecule has 1 heterocycles. The highest BCUT2D eigenvalue weighted by atomic mass is 19.4. The molecule has 0 radical (unpaired) electrons. The second-order valence-corrected chi connectivity index (χ2v) is 5.09. The SMILES string of the molecule is CC#CCOc1cc([C@@H](C)NC(=O)C(F)(F)F)ccc1-n1cccn1. The highest BCUT2D eigenvalue weighted by Gasteiger charge is 2.39. The fourth-order valence-electron chi connectivity index (χ4n) is 2.06. The van der Waals surface area contributed by atoms with Crippen LogP contribution >= 0.6 is 0 Å². The van der Waals surface area contributed by atoms with Crippen LogP contribution in [0.5, 0.6) is 5.75 Å². The third-order valence-electron chi connectivity index (χ3n) is 3.32. The number of nitrogens with one attached hydrogen (secondary N) is 1. The lowest BCUT2D eigenvalue weighted by Crippen LogP contribution is -2.38. The Morgan fingerprint density at radius 2 is 2.20 bits per heavy atom. The van der Waals surface area contributed by atoms with Crippen molar-refractivity contribution in [2.24, 2.45) is 0 Å². The number of rotatable bonds is 5. The number of hydrogen-bond donors (Lipinski definition) is 1. The maximum Gasteiger partial charge on any atom is 0.471 e. The van der Waals surface area contributed by atoms with E-state index in [1.54, 1.807) is 48.3 Å². The van der Waals surface area contributed by atoms with Crippen molar-refractivity contribution in [1.82, 2.24) is 15.1 Å². The van der Waals surface area contributed by atoms with Gasteiger partial charge >= 0.3 is 12.1 Å². The fraction of sp³-hybridized carbons (Fsp3) is 0.294. The quantitative estimate of drug-likeness (QED) is 0.843. The average Bonchev–Trinajstić information content (AvgIpc) is 3.08. The third kappa shape index (κ3) is 4.76. The molecule has 0 spiro atoms. The van der Waals surface area contributed by atoms with Crippen LogP contribution < -0.4 is 10.1 Å². The summed E-state index contributed by atoms with van der Waals surface area (Å²) in [6.45, 7) is 3.25. The number of carbonyl (C=O) groups is 1. The lowest BCUT2D eigenvalue weighted by molar-refractivity contribution is -0.174. The largest absolute Gasteiger partial charge is 0.479 e. The lowest BCUT2D eigenvalue weighted by Gasteiger charge is -2.18. The monoisotopic (exact) mass is 351 g/mol. The van der Waals surface area contributed by atoms with Crippen molar-refractivity contribution in [3.8, 4) is 23.3 Å². The number of nitrogens with zero attached hydrogens (tertiary/aromatic N) is 2.